The van der Waals surface area contributed by atoms with Gasteiger partial charge in [-0.1, -0.05) is 49.2 Å². The summed E-state index contributed by atoms with van der Waals surface area (Å²) >= 11 is 1.64. The number of hydrazone groups is 1. The number of methoxy groups -OCH3 is 1. The molecular weight excluding hydrogens is 310 g/mol. The van der Waals surface area contributed by atoms with E-state index in [0.29, 0.717) is 12.3 Å². The van der Waals surface area contributed by atoms with Crippen LogP contribution in [0.3, 0.4) is 0 Å². The van der Waals surface area contributed by atoms with Crippen molar-refractivity contribution < 1.29 is 9.53 Å². The number of amides is 1. The zero-order chi connectivity index (χ0) is 16.1. The molecule has 1 atom stereocenters. The second-order valence-electron chi connectivity index (χ2n) is 5.97. The second-order valence-corrected chi connectivity index (χ2v) is 7.09. The molecule has 1 fully saturated rings. The molecule has 2 aliphatic rings. The molecule has 1 aromatic rings. The van der Waals surface area contributed by atoms with E-state index in [-0.39, 0.29) is 11.4 Å². The van der Waals surface area contributed by atoms with Crippen molar-refractivity contribution in [2.75, 3.05) is 7.11 Å². The third kappa shape index (κ3) is 4.19. The molecule has 0 saturated heterocycles. The van der Waals surface area contributed by atoms with E-state index in [4.69, 9.17) is 4.74 Å². The molecule has 1 amide bonds. The van der Waals surface area contributed by atoms with Crippen LogP contribution in [-0.4, -0.2) is 23.6 Å². The first-order valence-corrected chi connectivity index (χ1v) is 9.05. The van der Waals surface area contributed by atoms with Crippen LogP contribution in [0.2, 0.25) is 0 Å². The number of benzene rings is 1. The van der Waals surface area contributed by atoms with Gasteiger partial charge in [-0.05, 0) is 18.9 Å². The summed E-state index contributed by atoms with van der Waals surface area (Å²) in [6.45, 7) is 0. The number of ether oxygens (including phenoxy) is 1. The van der Waals surface area contributed by atoms with E-state index in [1.165, 1.54) is 32.1 Å². The predicted molar refractivity (Wildman–Crippen MR) is 93.4 cm³/mol. The summed E-state index contributed by atoms with van der Waals surface area (Å²) in [6, 6.07) is 7.60. The number of carbonyl (C=O) groups is 1. The summed E-state index contributed by atoms with van der Waals surface area (Å²) in [5.41, 5.74) is 3.77. The number of carbonyl (C=O) groups excluding carboxylic acids is 1. The maximum absolute atomic E-state index is 12.2. The van der Waals surface area contributed by atoms with E-state index in [9.17, 15) is 4.79 Å². The van der Waals surface area contributed by atoms with Gasteiger partial charge in [-0.3, -0.25) is 10.2 Å². The highest BCUT2D eigenvalue weighted by atomic mass is 32.2. The van der Waals surface area contributed by atoms with Gasteiger partial charge in [0.15, 0.2) is 5.50 Å². The number of para-hydroxylation sites is 1. The Morgan fingerprint density at radius 1 is 1.35 bits per heavy atom. The number of hydrogen-bond donors (Lipinski definition) is 2. The van der Waals surface area contributed by atoms with Gasteiger partial charge in [0.25, 0.3) is 0 Å². The maximum Gasteiger partial charge on any atom is 0.226 e. The Bertz CT molecular complexity index is 585. The summed E-state index contributed by atoms with van der Waals surface area (Å²) in [5, 5.41) is 8.56. The Morgan fingerprint density at radius 2 is 2.13 bits per heavy atom. The standard InChI is InChI=1S/C17H23N3O2S/c1-22-14-10-6-5-9-13(14)11-15(21)18-17-20-19-16(23-17)12-7-3-2-4-8-12/h5-6,9-10,12,17,20H,2-4,7-8,11H2,1H3,(H,18,21). The first kappa shape index (κ1) is 16.2. The number of thioether (sulfide) groups is 1. The van der Waals surface area contributed by atoms with E-state index in [1.807, 2.05) is 24.3 Å². The highest BCUT2D eigenvalue weighted by Gasteiger charge is 2.28. The molecule has 6 heteroatoms. The highest BCUT2D eigenvalue weighted by Crippen LogP contribution is 2.32. The van der Waals surface area contributed by atoms with Gasteiger partial charge in [0.2, 0.25) is 5.91 Å². The van der Waals surface area contributed by atoms with Crippen LogP contribution in [0, 0.1) is 5.92 Å². The summed E-state index contributed by atoms with van der Waals surface area (Å²) in [7, 11) is 1.62. The van der Waals surface area contributed by atoms with Crippen LogP contribution < -0.4 is 15.5 Å². The molecule has 3 rings (SSSR count). The average molecular weight is 333 g/mol. The maximum atomic E-state index is 12.2. The van der Waals surface area contributed by atoms with Crippen molar-refractivity contribution >= 4 is 22.7 Å². The van der Waals surface area contributed by atoms with Crippen LogP contribution in [-0.2, 0) is 11.2 Å². The SMILES string of the molecule is COc1ccccc1CC(=O)NC1NN=C(C2CCCCC2)S1. The predicted octanol–water partition coefficient (Wildman–Crippen LogP) is 2.87. The van der Waals surface area contributed by atoms with Crippen LogP contribution in [0.1, 0.15) is 37.7 Å². The molecule has 1 aliphatic carbocycles. The summed E-state index contributed by atoms with van der Waals surface area (Å²) < 4.78 is 5.29. The molecule has 0 spiro atoms. The molecule has 1 aliphatic heterocycles. The van der Waals surface area contributed by atoms with E-state index in [1.54, 1.807) is 18.9 Å². The molecule has 1 aromatic carbocycles. The Hall–Kier alpha value is -1.69. The normalized spacial score (nSPS) is 21.4. The molecule has 2 N–H and O–H groups in total. The van der Waals surface area contributed by atoms with Crippen LogP contribution >= 0.6 is 11.8 Å². The van der Waals surface area contributed by atoms with Crippen LogP contribution in [0.5, 0.6) is 5.75 Å². The zero-order valence-corrected chi connectivity index (χ0v) is 14.2. The highest BCUT2D eigenvalue weighted by molar-refractivity contribution is 8.14. The molecule has 5 nitrogen and oxygen atoms in total. The van der Waals surface area contributed by atoms with Gasteiger partial charge in [0.1, 0.15) is 10.8 Å². The largest absolute Gasteiger partial charge is 0.496 e. The minimum atomic E-state index is -0.158. The molecule has 1 unspecified atom stereocenters. The fraction of sp³-hybridized carbons (Fsp3) is 0.529. The molecule has 124 valence electrons. The minimum Gasteiger partial charge on any atom is -0.496 e. The molecule has 1 heterocycles. The molecule has 0 radical (unpaired) electrons. The van der Waals surface area contributed by atoms with Crippen LogP contribution in [0.4, 0.5) is 0 Å². The third-order valence-electron chi connectivity index (χ3n) is 4.32. The molecule has 0 bridgehead atoms. The first-order chi connectivity index (χ1) is 11.3. The minimum absolute atomic E-state index is 0.0282. The Labute approximate surface area is 141 Å². The lowest BCUT2D eigenvalue weighted by Crippen LogP contribution is -2.39. The van der Waals surface area contributed by atoms with Crippen LogP contribution in [0.25, 0.3) is 0 Å². The first-order valence-electron chi connectivity index (χ1n) is 8.17. The van der Waals surface area contributed by atoms with Gasteiger partial charge >= 0.3 is 0 Å². The molecule has 23 heavy (non-hydrogen) atoms. The number of nitrogens with zero attached hydrogens (tertiary/aromatic N) is 1. The monoisotopic (exact) mass is 333 g/mol. The lowest BCUT2D eigenvalue weighted by atomic mass is 9.90. The van der Waals surface area contributed by atoms with Gasteiger partial charge in [0.05, 0.1) is 13.5 Å². The van der Waals surface area contributed by atoms with E-state index in [0.717, 1.165) is 16.4 Å². The zero-order valence-electron chi connectivity index (χ0n) is 13.4. The molecule has 0 aromatic heterocycles. The van der Waals surface area contributed by atoms with Crippen molar-refractivity contribution in [3.8, 4) is 5.75 Å². The van der Waals surface area contributed by atoms with Crippen LogP contribution in [0.15, 0.2) is 29.4 Å². The van der Waals surface area contributed by atoms with E-state index >= 15 is 0 Å². The van der Waals surface area contributed by atoms with Crippen molar-refractivity contribution in [2.45, 2.75) is 44.0 Å². The fourth-order valence-corrected chi connectivity index (χ4v) is 4.18. The Kier molecular flexibility index (Phi) is 5.43. The van der Waals surface area contributed by atoms with Crippen molar-refractivity contribution in [3.05, 3.63) is 29.8 Å². The third-order valence-corrected chi connectivity index (χ3v) is 5.45. The average Bonchev–Trinajstić information content (AvgIpc) is 3.04. The van der Waals surface area contributed by atoms with Gasteiger partial charge in [-0.2, -0.15) is 5.10 Å². The molecule has 1 saturated carbocycles. The number of nitrogens with one attached hydrogen (secondary N) is 2. The number of hydrogen-bond acceptors (Lipinski definition) is 5. The number of rotatable bonds is 5. The van der Waals surface area contributed by atoms with Gasteiger partial charge in [-0.25, -0.2) is 0 Å². The Morgan fingerprint density at radius 3 is 2.91 bits per heavy atom. The van der Waals surface area contributed by atoms with Gasteiger partial charge < -0.3 is 10.1 Å². The van der Waals surface area contributed by atoms with Crippen molar-refractivity contribution in [3.63, 3.8) is 0 Å². The van der Waals surface area contributed by atoms with Crippen molar-refractivity contribution in [1.82, 2.24) is 10.7 Å². The smallest absolute Gasteiger partial charge is 0.226 e. The quantitative estimate of drug-likeness (QED) is 0.870. The lowest BCUT2D eigenvalue weighted by Gasteiger charge is -2.20. The summed E-state index contributed by atoms with van der Waals surface area (Å²) in [4.78, 5) is 12.2. The summed E-state index contributed by atoms with van der Waals surface area (Å²) in [5.74, 6) is 1.28. The second kappa shape index (κ2) is 7.73. The van der Waals surface area contributed by atoms with Crippen molar-refractivity contribution in [2.24, 2.45) is 11.0 Å². The van der Waals surface area contributed by atoms with E-state index < -0.39 is 0 Å². The van der Waals surface area contributed by atoms with E-state index in [2.05, 4.69) is 15.8 Å². The van der Waals surface area contributed by atoms with Gasteiger partial charge in [0, 0.05) is 11.5 Å². The lowest BCUT2D eigenvalue weighted by molar-refractivity contribution is -0.120. The van der Waals surface area contributed by atoms with Gasteiger partial charge in [-0.15, -0.1) is 0 Å². The fourth-order valence-electron chi connectivity index (χ4n) is 3.11. The Balaban J connectivity index is 1.49. The topological polar surface area (TPSA) is 62.7 Å². The molecular formula is C17H23N3O2S. The summed E-state index contributed by atoms with van der Waals surface area (Å²) in [6.07, 6.45) is 6.65. The van der Waals surface area contributed by atoms with Crippen molar-refractivity contribution in [1.29, 1.82) is 0 Å².